The molecule has 0 radical (unpaired) electrons. The quantitative estimate of drug-likeness (QED) is 0.657. The van der Waals surface area contributed by atoms with E-state index in [1.165, 1.54) is 18.3 Å². The maximum Gasteiger partial charge on any atom is 0.416 e. The summed E-state index contributed by atoms with van der Waals surface area (Å²) in [7, 11) is 0. The number of benzene rings is 2. The Morgan fingerprint density at radius 3 is 2.41 bits per heavy atom. The van der Waals surface area contributed by atoms with Crippen molar-refractivity contribution >= 4 is 10.9 Å². The Labute approximate surface area is 122 Å². The predicted molar refractivity (Wildman–Crippen MR) is 73.8 cm³/mol. The molecule has 0 bridgehead atoms. The van der Waals surface area contributed by atoms with Crippen molar-refractivity contribution in [1.29, 1.82) is 0 Å². The van der Waals surface area contributed by atoms with Crippen molar-refractivity contribution in [3.8, 4) is 16.9 Å². The number of nitrogens with zero attached hydrogens (tertiary/aromatic N) is 1. The molecule has 0 aliphatic rings. The third-order valence-electron chi connectivity index (χ3n) is 3.28. The van der Waals surface area contributed by atoms with E-state index < -0.39 is 17.6 Å². The molecular weight excluding hydrogens is 298 g/mol. The van der Waals surface area contributed by atoms with E-state index in [1.807, 2.05) is 0 Å². The van der Waals surface area contributed by atoms with Gasteiger partial charge < -0.3 is 5.11 Å². The van der Waals surface area contributed by atoms with Crippen LogP contribution in [0.15, 0.2) is 48.7 Å². The Balaban J connectivity index is 2.09. The molecule has 22 heavy (non-hydrogen) atoms. The monoisotopic (exact) mass is 307 g/mol. The van der Waals surface area contributed by atoms with Gasteiger partial charge in [-0.25, -0.2) is 4.39 Å². The smallest absolute Gasteiger partial charge is 0.416 e. The molecule has 3 aromatic rings. The highest BCUT2D eigenvalue weighted by Gasteiger charge is 2.31. The van der Waals surface area contributed by atoms with Crippen molar-refractivity contribution in [2.45, 2.75) is 6.18 Å². The SMILES string of the molecule is Oc1ccc2cc(-c3ccc(C(F)(F)F)cc3F)cnc2c1. The van der Waals surface area contributed by atoms with Gasteiger partial charge in [0.25, 0.3) is 0 Å². The van der Waals surface area contributed by atoms with Crippen molar-refractivity contribution in [2.75, 3.05) is 0 Å². The van der Waals surface area contributed by atoms with Crippen molar-refractivity contribution in [2.24, 2.45) is 0 Å². The number of phenolic OH excluding ortho intramolecular Hbond substituents is 1. The average molecular weight is 307 g/mol. The number of pyridine rings is 1. The van der Waals surface area contributed by atoms with Gasteiger partial charge in [0, 0.05) is 28.8 Å². The van der Waals surface area contributed by atoms with E-state index in [4.69, 9.17) is 0 Å². The Bertz CT molecular complexity index is 858. The first-order valence-electron chi connectivity index (χ1n) is 6.30. The van der Waals surface area contributed by atoms with E-state index in [0.717, 1.165) is 12.1 Å². The van der Waals surface area contributed by atoms with Crippen LogP contribution in [0.1, 0.15) is 5.56 Å². The zero-order chi connectivity index (χ0) is 15.9. The van der Waals surface area contributed by atoms with Crippen LogP contribution in [0.2, 0.25) is 0 Å². The number of fused-ring (bicyclic) bond motifs is 1. The van der Waals surface area contributed by atoms with Crippen LogP contribution in [0.5, 0.6) is 5.75 Å². The number of alkyl halides is 3. The molecule has 1 aromatic heterocycles. The van der Waals surface area contributed by atoms with Crippen LogP contribution in [0.3, 0.4) is 0 Å². The summed E-state index contributed by atoms with van der Waals surface area (Å²) >= 11 is 0. The van der Waals surface area contributed by atoms with Crippen LogP contribution in [0.25, 0.3) is 22.0 Å². The molecule has 6 heteroatoms. The Kier molecular flexibility index (Phi) is 3.24. The standard InChI is InChI=1S/C16H9F4NO/c17-14-6-11(16(18,19)20)2-4-13(14)10-5-9-1-3-12(22)7-15(9)21-8-10/h1-8,22H. The number of hydrogen-bond acceptors (Lipinski definition) is 2. The molecule has 0 aliphatic carbocycles. The first-order chi connectivity index (χ1) is 10.3. The van der Waals surface area contributed by atoms with Crippen LogP contribution >= 0.6 is 0 Å². The molecule has 0 atom stereocenters. The second-order valence-corrected chi connectivity index (χ2v) is 4.79. The number of hydrogen-bond donors (Lipinski definition) is 1. The highest BCUT2D eigenvalue weighted by molar-refractivity contribution is 5.84. The Morgan fingerprint density at radius 1 is 0.955 bits per heavy atom. The van der Waals surface area contributed by atoms with Crippen LogP contribution in [-0.4, -0.2) is 10.1 Å². The topological polar surface area (TPSA) is 33.1 Å². The molecule has 3 rings (SSSR count). The van der Waals surface area contributed by atoms with E-state index >= 15 is 0 Å². The third-order valence-corrected chi connectivity index (χ3v) is 3.28. The van der Waals surface area contributed by atoms with Crippen LogP contribution in [0.4, 0.5) is 17.6 Å². The van der Waals surface area contributed by atoms with E-state index in [0.29, 0.717) is 22.5 Å². The van der Waals surface area contributed by atoms with E-state index in [1.54, 1.807) is 12.1 Å². The van der Waals surface area contributed by atoms with Gasteiger partial charge in [0.1, 0.15) is 11.6 Å². The first kappa shape index (κ1) is 14.3. The zero-order valence-corrected chi connectivity index (χ0v) is 11.0. The fraction of sp³-hybridized carbons (Fsp3) is 0.0625. The summed E-state index contributed by atoms with van der Waals surface area (Å²) in [4.78, 5) is 4.08. The summed E-state index contributed by atoms with van der Waals surface area (Å²) in [5, 5.41) is 10.0. The third kappa shape index (κ3) is 2.59. The molecule has 0 saturated carbocycles. The molecule has 0 aliphatic heterocycles. The molecule has 0 spiro atoms. The van der Waals surface area contributed by atoms with Crippen LogP contribution in [0, 0.1) is 5.82 Å². The molecule has 0 fully saturated rings. The highest BCUT2D eigenvalue weighted by atomic mass is 19.4. The van der Waals surface area contributed by atoms with Gasteiger partial charge >= 0.3 is 6.18 Å². The van der Waals surface area contributed by atoms with Crippen molar-refractivity contribution < 1.29 is 22.7 Å². The van der Waals surface area contributed by atoms with Crippen molar-refractivity contribution in [3.05, 3.63) is 60.0 Å². The van der Waals surface area contributed by atoms with Gasteiger partial charge in [-0.2, -0.15) is 13.2 Å². The number of aromatic hydroxyl groups is 1. The van der Waals surface area contributed by atoms with Gasteiger partial charge in [-0.1, -0.05) is 6.07 Å². The second kappa shape index (κ2) is 4.98. The molecule has 0 amide bonds. The number of phenols is 1. The summed E-state index contributed by atoms with van der Waals surface area (Å²) < 4.78 is 51.6. The fourth-order valence-electron chi connectivity index (χ4n) is 2.18. The van der Waals surface area contributed by atoms with Gasteiger partial charge in [-0.3, -0.25) is 4.98 Å². The Morgan fingerprint density at radius 2 is 1.73 bits per heavy atom. The summed E-state index contributed by atoms with van der Waals surface area (Å²) in [6, 6.07) is 8.49. The van der Waals surface area contributed by atoms with Gasteiger partial charge in [0.2, 0.25) is 0 Å². The number of halogens is 4. The molecule has 112 valence electrons. The molecule has 1 heterocycles. The number of rotatable bonds is 1. The summed E-state index contributed by atoms with van der Waals surface area (Å²) in [6.45, 7) is 0. The van der Waals surface area contributed by atoms with Gasteiger partial charge in [-0.05, 0) is 30.3 Å². The van der Waals surface area contributed by atoms with Crippen molar-refractivity contribution in [3.63, 3.8) is 0 Å². The summed E-state index contributed by atoms with van der Waals surface area (Å²) in [6.07, 6.45) is -3.23. The van der Waals surface area contributed by atoms with E-state index in [-0.39, 0.29) is 11.3 Å². The lowest BCUT2D eigenvalue weighted by molar-refractivity contribution is -0.137. The maximum absolute atomic E-state index is 14.0. The minimum absolute atomic E-state index is 0.0375. The minimum atomic E-state index is -4.58. The zero-order valence-electron chi connectivity index (χ0n) is 11.0. The maximum atomic E-state index is 14.0. The van der Waals surface area contributed by atoms with Gasteiger partial charge in [0.05, 0.1) is 11.1 Å². The molecule has 2 nitrogen and oxygen atoms in total. The number of aromatic nitrogens is 1. The minimum Gasteiger partial charge on any atom is -0.508 e. The van der Waals surface area contributed by atoms with Crippen LogP contribution in [-0.2, 0) is 6.18 Å². The fourth-order valence-corrected chi connectivity index (χ4v) is 2.18. The lowest BCUT2D eigenvalue weighted by atomic mass is 10.0. The van der Waals surface area contributed by atoms with Crippen LogP contribution < -0.4 is 0 Å². The Hall–Kier alpha value is -2.63. The predicted octanol–water partition coefficient (Wildman–Crippen LogP) is 4.77. The second-order valence-electron chi connectivity index (χ2n) is 4.79. The molecular formula is C16H9F4NO. The lowest BCUT2D eigenvalue weighted by Gasteiger charge is -2.09. The van der Waals surface area contributed by atoms with E-state index in [9.17, 15) is 22.7 Å². The average Bonchev–Trinajstić information content (AvgIpc) is 2.45. The van der Waals surface area contributed by atoms with Gasteiger partial charge in [-0.15, -0.1) is 0 Å². The molecule has 1 N–H and O–H groups in total. The molecule has 2 aromatic carbocycles. The first-order valence-corrected chi connectivity index (χ1v) is 6.30. The van der Waals surface area contributed by atoms with Crippen molar-refractivity contribution in [1.82, 2.24) is 4.98 Å². The summed E-state index contributed by atoms with van der Waals surface area (Å²) in [5.41, 5.74) is -0.122. The normalized spacial score (nSPS) is 11.8. The summed E-state index contributed by atoms with van der Waals surface area (Å²) in [5.74, 6) is -0.914. The van der Waals surface area contributed by atoms with Gasteiger partial charge in [0.15, 0.2) is 0 Å². The highest BCUT2D eigenvalue weighted by Crippen LogP contribution is 2.33. The lowest BCUT2D eigenvalue weighted by Crippen LogP contribution is -2.05. The van der Waals surface area contributed by atoms with E-state index in [2.05, 4.69) is 4.98 Å². The molecule has 0 saturated heterocycles. The largest absolute Gasteiger partial charge is 0.508 e. The molecule has 0 unspecified atom stereocenters.